The van der Waals surface area contributed by atoms with E-state index in [2.05, 4.69) is 24.0 Å². The first-order valence-electron chi connectivity index (χ1n) is 7.29. The van der Waals surface area contributed by atoms with Gasteiger partial charge in [-0.05, 0) is 37.1 Å². The average molecular weight is 304 g/mol. The average Bonchev–Trinajstić information content (AvgIpc) is 2.52. The Hall–Kier alpha value is -1.51. The molecule has 2 aromatic carbocycles. The van der Waals surface area contributed by atoms with E-state index in [0.717, 1.165) is 21.8 Å². The van der Waals surface area contributed by atoms with Gasteiger partial charge in [-0.1, -0.05) is 48.9 Å². The van der Waals surface area contributed by atoms with Gasteiger partial charge in [-0.3, -0.25) is 0 Å². The smallest absolute Gasteiger partial charge is 0.0807 e. The molecular weight excluding hydrogens is 282 g/mol. The lowest BCUT2D eigenvalue weighted by atomic mass is 10.0. The Morgan fingerprint density at radius 3 is 2.52 bits per heavy atom. The van der Waals surface area contributed by atoms with Crippen molar-refractivity contribution < 1.29 is 5.11 Å². The summed E-state index contributed by atoms with van der Waals surface area (Å²) >= 11 is 6.09. The van der Waals surface area contributed by atoms with E-state index in [-0.39, 0.29) is 6.04 Å². The third-order valence-corrected chi connectivity index (χ3v) is 4.21. The molecule has 0 heterocycles. The molecule has 0 saturated carbocycles. The highest BCUT2D eigenvalue weighted by atomic mass is 35.5. The molecule has 0 fully saturated rings. The molecular formula is C18H22ClNO. The highest BCUT2D eigenvalue weighted by molar-refractivity contribution is 6.30. The lowest BCUT2D eigenvalue weighted by Crippen LogP contribution is -2.23. The molecule has 0 saturated heterocycles. The standard InChI is InChI=1S/C18H22ClNO/c1-4-18(21)16-10-5-6-11-17(16)20(3)13(2)14-8-7-9-15(19)12-14/h5-13,18,21H,4H2,1-3H3/t13?,18-/m0/s1. The monoisotopic (exact) mass is 303 g/mol. The Morgan fingerprint density at radius 2 is 1.86 bits per heavy atom. The molecule has 0 aromatic heterocycles. The van der Waals surface area contributed by atoms with Gasteiger partial charge in [-0.15, -0.1) is 0 Å². The Balaban J connectivity index is 2.33. The van der Waals surface area contributed by atoms with Crippen LogP contribution in [0, 0.1) is 0 Å². The van der Waals surface area contributed by atoms with Crippen LogP contribution in [0.3, 0.4) is 0 Å². The topological polar surface area (TPSA) is 23.5 Å². The molecule has 0 spiro atoms. The number of para-hydroxylation sites is 1. The van der Waals surface area contributed by atoms with Gasteiger partial charge in [0.2, 0.25) is 0 Å². The zero-order valence-electron chi connectivity index (χ0n) is 12.8. The van der Waals surface area contributed by atoms with Gasteiger partial charge in [0, 0.05) is 23.3 Å². The minimum atomic E-state index is -0.435. The van der Waals surface area contributed by atoms with Crippen LogP contribution in [0.4, 0.5) is 5.69 Å². The first kappa shape index (κ1) is 15.9. The van der Waals surface area contributed by atoms with E-state index < -0.39 is 6.10 Å². The summed E-state index contributed by atoms with van der Waals surface area (Å²) in [6.45, 7) is 4.13. The third kappa shape index (κ3) is 3.58. The van der Waals surface area contributed by atoms with E-state index in [1.807, 2.05) is 50.4 Å². The van der Waals surface area contributed by atoms with Gasteiger partial charge in [0.15, 0.2) is 0 Å². The normalized spacial score (nSPS) is 13.8. The van der Waals surface area contributed by atoms with Crippen LogP contribution in [-0.4, -0.2) is 12.2 Å². The molecule has 21 heavy (non-hydrogen) atoms. The van der Waals surface area contributed by atoms with Crippen molar-refractivity contribution in [3.63, 3.8) is 0 Å². The van der Waals surface area contributed by atoms with Crippen molar-refractivity contribution in [1.29, 1.82) is 0 Å². The van der Waals surface area contributed by atoms with Gasteiger partial charge in [-0.2, -0.15) is 0 Å². The Labute approximate surface area is 132 Å². The summed E-state index contributed by atoms with van der Waals surface area (Å²) in [6.07, 6.45) is 0.270. The van der Waals surface area contributed by atoms with E-state index in [9.17, 15) is 5.11 Å². The SMILES string of the molecule is CC[C@H](O)c1ccccc1N(C)C(C)c1cccc(Cl)c1. The van der Waals surface area contributed by atoms with Crippen molar-refractivity contribution in [3.8, 4) is 0 Å². The molecule has 2 atom stereocenters. The Kier molecular flexibility index (Phi) is 5.27. The second-order valence-corrected chi connectivity index (χ2v) is 5.76. The van der Waals surface area contributed by atoms with Gasteiger partial charge in [0.05, 0.1) is 12.1 Å². The fraction of sp³-hybridized carbons (Fsp3) is 0.333. The molecule has 0 radical (unpaired) electrons. The highest BCUT2D eigenvalue weighted by Gasteiger charge is 2.18. The summed E-state index contributed by atoms with van der Waals surface area (Å²) in [4.78, 5) is 2.18. The van der Waals surface area contributed by atoms with Crippen molar-refractivity contribution in [2.75, 3.05) is 11.9 Å². The fourth-order valence-electron chi connectivity index (χ4n) is 2.51. The highest BCUT2D eigenvalue weighted by Crippen LogP contribution is 2.33. The lowest BCUT2D eigenvalue weighted by molar-refractivity contribution is 0.174. The van der Waals surface area contributed by atoms with Crippen LogP contribution < -0.4 is 4.90 Å². The van der Waals surface area contributed by atoms with Crippen molar-refractivity contribution in [2.24, 2.45) is 0 Å². The summed E-state index contributed by atoms with van der Waals surface area (Å²) in [5.74, 6) is 0. The first-order valence-corrected chi connectivity index (χ1v) is 7.67. The number of benzene rings is 2. The summed E-state index contributed by atoms with van der Waals surface area (Å²) < 4.78 is 0. The fourth-order valence-corrected chi connectivity index (χ4v) is 2.71. The maximum atomic E-state index is 10.2. The first-order chi connectivity index (χ1) is 10.0. The van der Waals surface area contributed by atoms with Crippen molar-refractivity contribution in [3.05, 3.63) is 64.7 Å². The third-order valence-electron chi connectivity index (χ3n) is 3.97. The molecule has 0 aliphatic carbocycles. The minimum Gasteiger partial charge on any atom is -0.388 e. The Bertz CT molecular complexity index is 599. The number of anilines is 1. The number of halogens is 1. The number of hydrogen-bond donors (Lipinski definition) is 1. The molecule has 0 bridgehead atoms. The van der Waals surface area contributed by atoms with Gasteiger partial charge >= 0.3 is 0 Å². The van der Waals surface area contributed by atoms with Crippen LogP contribution in [0.15, 0.2) is 48.5 Å². The maximum absolute atomic E-state index is 10.2. The summed E-state index contributed by atoms with van der Waals surface area (Å²) in [7, 11) is 2.05. The molecule has 0 aliphatic heterocycles. The molecule has 112 valence electrons. The maximum Gasteiger partial charge on any atom is 0.0807 e. The van der Waals surface area contributed by atoms with Crippen LogP contribution in [0.5, 0.6) is 0 Å². The summed E-state index contributed by atoms with van der Waals surface area (Å²) in [6, 6.07) is 16.1. The zero-order chi connectivity index (χ0) is 15.4. The van der Waals surface area contributed by atoms with Gasteiger partial charge < -0.3 is 10.0 Å². The van der Waals surface area contributed by atoms with Crippen LogP contribution in [0.25, 0.3) is 0 Å². The van der Waals surface area contributed by atoms with E-state index >= 15 is 0 Å². The van der Waals surface area contributed by atoms with Crippen LogP contribution in [0.2, 0.25) is 5.02 Å². The second kappa shape index (κ2) is 6.97. The second-order valence-electron chi connectivity index (χ2n) is 5.32. The quantitative estimate of drug-likeness (QED) is 0.842. The predicted octanol–water partition coefficient (Wildman–Crippen LogP) is 4.98. The van der Waals surface area contributed by atoms with Crippen molar-refractivity contribution >= 4 is 17.3 Å². The number of rotatable bonds is 5. The summed E-state index contributed by atoms with van der Waals surface area (Å²) in [5.41, 5.74) is 3.18. The molecule has 0 aliphatic rings. The van der Waals surface area contributed by atoms with Gasteiger partial charge in [0.25, 0.3) is 0 Å². The van der Waals surface area contributed by atoms with Crippen LogP contribution in [-0.2, 0) is 0 Å². The molecule has 2 aromatic rings. The molecule has 1 unspecified atom stereocenters. The molecule has 0 amide bonds. The van der Waals surface area contributed by atoms with Crippen molar-refractivity contribution in [1.82, 2.24) is 0 Å². The lowest BCUT2D eigenvalue weighted by Gasteiger charge is -2.30. The van der Waals surface area contributed by atoms with E-state index in [0.29, 0.717) is 6.42 Å². The largest absolute Gasteiger partial charge is 0.388 e. The molecule has 3 heteroatoms. The number of hydrogen-bond acceptors (Lipinski definition) is 2. The van der Waals surface area contributed by atoms with Gasteiger partial charge in [0.1, 0.15) is 0 Å². The van der Waals surface area contributed by atoms with E-state index in [1.165, 1.54) is 0 Å². The van der Waals surface area contributed by atoms with Gasteiger partial charge in [-0.25, -0.2) is 0 Å². The number of nitrogens with zero attached hydrogens (tertiary/aromatic N) is 1. The summed E-state index contributed by atoms with van der Waals surface area (Å²) in [5, 5.41) is 11.0. The molecule has 1 N–H and O–H groups in total. The minimum absolute atomic E-state index is 0.175. The predicted molar refractivity (Wildman–Crippen MR) is 90.0 cm³/mol. The van der Waals surface area contributed by atoms with E-state index in [1.54, 1.807) is 0 Å². The Morgan fingerprint density at radius 1 is 1.14 bits per heavy atom. The van der Waals surface area contributed by atoms with Crippen LogP contribution >= 0.6 is 11.6 Å². The number of aliphatic hydroxyl groups is 1. The molecule has 2 rings (SSSR count). The molecule has 2 nitrogen and oxygen atoms in total. The van der Waals surface area contributed by atoms with Crippen molar-refractivity contribution in [2.45, 2.75) is 32.4 Å². The zero-order valence-corrected chi connectivity index (χ0v) is 13.5. The van der Waals surface area contributed by atoms with Crippen LogP contribution in [0.1, 0.15) is 43.5 Å². The number of aliphatic hydroxyl groups excluding tert-OH is 1. The van der Waals surface area contributed by atoms with E-state index in [4.69, 9.17) is 11.6 Å².